The fraction of sp³-hybridized carbons (Fsp3) is 0.811. The van der Waals surface area contributed by atoms with Crippen LogP contribution in [0.25, 0.3) is 0 Å². The summed E-state index contributed by atoms with van der Waals surface area (Å²) < 4.78 is 5.86. The van der Waals surface area contributed by atoms with Crippen LogP contribution in [0.15, 0.2) is 48.6 Å². The van der Waals surface area contributed by atoms with Crippen molar-refractivity contribution in [3.8, 4) is 0 Å². The van der Waals surface area contributed by atoms with Gasteiger partial charge in [0, 0.05) is 12.8 Å². The Morgan fingerprint density at radius 3 is 1.36 bits per heavy atom. The summed E-state index contributed by atoms with van der Waals surface area (Å²) in [4.78, 5) is 26.0. The second kappa shape index (κ2) is 46.9. The van der Waals surface area contributed by atoms with Crippen LogP contribution in [-0.4, -0.2) is 46.9 Å². The Morgan fingerprint density at radius 2 is 0.898 bits per heavy atom. The van der Waals surface area contributed by atoms with Crippen LogP contribution >= 0.6 is 0 Å². The van der Waals surface area contributed by atoms with Crippen molar-refractivity contribution in [3.63, 3.8) is 0 Å². The fourth-order valence-electron chi connectivity index (χ4n) is 7.53. The van der Waals surface area contributed by atoms with E-state index in [0.717, 1.165) is 57.8 Å². The van der Waals surface area contributed by atoms with Gasteiger partial charge < -0.3 is 20.3 Å². The molecule has 1 amide bonds. The normalized spacial score (nSPS) is 13.6. The number of hydrogen-bond donors (Lipinski definition) is 3. The molecule has 6 heteroatoms. The number of allylic oxidation sites excluding steroid dienone is 7. The van der Waals surface area contributed by atoms with Gasteiger partial charge in [-0.05, 0) is 44.9 Å². The first kappa shape index (κ1) is 56.8. The molecule has 0 aliphatic heterocycles. The van der Waals surface area contributed by atoms with Crippen LogP contribution in [0.1, 0.15) is 252 Å². The zero-order valence-electron chi connectivity index (χ0n) is 39.1. The van der Waals surface area contributed by atoms with E-state index in [9.17, 15) is 19.8 Å². The molecule has 0 aliphatic carbocycles. The molecule has 0 saturated carbocycles. The van der Waals surface area contributed by atoms with E-state index >= 15 is 0 Å². The van der Waals surface area contributed by atoms with Gasteiger partial charge in [-0.25, -0.2) is 0 Å². The standard InChI is InChI=1S/C53H97NO5/c1-4-7-10-13-16-19-22-24-26-27-30-32-35-38-41-44-49(59-53(58)46-43-40-37-34-29-21-18-15-12-9-6-3)47-52(57)54-50(48-55)51(56)45-42-39-36-33-31-28-25-23-20-17-14-11-8-5-2/h16,19,24,26,30,32,38,41,49-51,55-56H,4-15,17-18,20-23,25,27-29,31,33-37,39-40,42-48H2,1-3H3,(H,54,57)/b19-16-,26-24-,32-30-,41-38-. The molecular formula is C53H97NO5. The van der Waals surface area contributed by atoms with Crippen molar-refractivity contribution < 1.29 is 24.5 Å². The molecule has 0 saturated heterocycles. The summed E-state index contributed by atoms with van der Waals surface area (Å²) in [6.07, 6.45) is 56.1. The van der Waals surface area contributed by atoms with Crippen LogP contribution in [0, 0.1) is 0 Å². The number of rotatable bonds is 45. The summed E-state index contributed by atoms with van der Waals surface area (Å²) in [5, 5.41) is 23.7. The van der Waals surface area contributed by atoms with Crippen LogP contribution in [0.3, 0.4) is 0 Å². The first-order chi connectivity index (χ1) is 29.0. The third-order valence-electron chi connectivity index (χ3n) is 11.4. The summed E-state index contributed by atoms with van der Waals surface area (Å²) in [7, 11) is 0. The molecule has 3 N–H and O–H groups in total. The first-order valence-electron chi connectivity index (χ1n) is 25.4. The van der Waals surface area contributed by atoms with E-state index in [4.69, 9.17) is 4.74 Å². The van der Waals surface area contributed by atoms with E-state index in [1.165, 1.54) is 148 Å². The van der Waals surface area contributed by atoms with Crippen molar-refractivity contribution in [2.24, 2.45) is 0 Å². The highest BCUT2D eigenvalue weighted by Crippen LogP contribution is 2.17. The first-order valence-corrected chi connectivity index (χ1v) is 25.4. The third kappa shape index (κ3) is 42.3. The van der Waals surface area contributed by atoms with Crippen molar-refractivity contribution in [2.45, 2.75) is 270 Å². The summed E-state index contributed by atoms with van der Waals surface area (Å²) >= 11 is 0. The number of nitrogens with one attached hydrogen (secondary N) is 1. The zero-order valence-corrected chi connectivity index (χ0v) is 39.1. The van der Waals surface area contributed by atoms with Gasteiger partial charge in [0.15, 0.2) is 0 Å². The minimum Gasteiger partial charge on any atom is -0.461 e. The lowest BCUT2D eigenvalue weighted by Gasteiger charge is -2.24. The second-order valence-electron chi connectivity index (χ2n) is 17.2. The molecule has 0 radical (unpaired) electrons. The van der Waals surface area contributed by atoms with Crippen molar-refractivity contribution in [1.29, 1.82) is 0 Å². The van der Waals surface area contributed by atoms with Crippen LogP contribution in [0.5, 0.6) is 0 Å². The molecule has 6 nitrogen and oxygen atoms in total. The monoisotopic (exact) mass is 828 g/mol. The number of carbonyl (C=O) groups excluding carboxylic acids is 2. The van der Waals surface area contributed by atoms with Crippen LogP contribution in [0.2, 0.25) is 0 Å². The Balaban J connectivity index is 4.69. The highest BCUT2D eigenvalue weighted by molar-refractivity contribution is 5.77. The predicted octanol–water partition coefficient (Wildman–Crippen LogP) is 15.1. The van der Waals surface area contributed by atoms with E-state index in [1.807, 2.05) is 6.08 Å². The molecular weight excluding hydrogens is 731 g/mol. The molecule has 344 valence electrons. The lowest BCUT2D eigenvalue weighted by molar-refractivity contribution is -0.150. The van der Waals surface area contributed by atoms with Gasteiger partial charge in [-0.15, -0.1) is 0 Å². The zero-order chi connectivity index (χ0) is 43.1. The number of aliphatic hydroxyl groups excluding tert-OH is 2. The van der Waals surface area contributed by atoms with Gasteiger partial charge in [0.2, 0.25) is 5.91 Å². The Morgan fingerprint density at radius 1 is 0.508 bits per heavy atom. The summed E-state index contributed by atoms with van der Waals surface area (Å²) in [5.74, 6) is -0.571. The van der Waals surface area contributed by atoms with Gasteiger partial charge in [0.05, 0.1) is 25.2 Å². The van der Waals surface area contributed by atoms with E-state index in [-0.39, 0.29) is 24.9 Å². The van der Waals surface area contributed by atoms with Crippen molar-refractivity contribution >= 4 is 11.9 Å². The predicted molar refractivity (Wildman–Crippen MR) is 255 cm³/mol. The highest BCUT2D eigenvalue weighted by Gasteiger charge is 2.23. The van der Waals surface area contributed by atoms with Crippen molar-refractivity contribution in [2.75, 3.05) is 6.61 Å². The maximum Gasteiger partial charge on any atom is 0.306 e. The molecule has 0 bridgehead atoms. The van der Waals surface area contributed by atoms with Gasteiger partial charge in [0.25, 0.3) is 0 Å². The molecule has 0 aromatic carbocycles. The largest absolute Gasteiger partial charge is 0.461 e. The molecule has 0 aromatic heterocycles. The van der Waals surface area contributed by atoms with E-state index in [2.05, 4.69) is 68.6 Å². The SMILES string of the molecule is CCCCC/C=C\C/C=C\C/C=C\C/C=C\CC(CC(=O)NC(CO)C(O)CCCCCCCCCCCCCCCC)OC(=O)CCCCCCCCCCCCC. The number of esters is 1. The van der Waals surface area contributed by atoms with E-state index < -0.39 is 18.2 Å². The lowest BCUT2D eigenvalue weighted by Crippen LogP contribution is -2.46. The molecule has 0 aromatic rings. The fourth-order valence-corrected chi connectivity index (χ4v) is 7.53. The molecule has 0 heterocycles. The van der Waals surface area contributed by atoms with Crippen LogP contribution < -0.4 is 5.32 Å². The van der Waals surface area contributed by atoms with Gasteiger partial charge >= 0.3 is 5.97 Å². The van der Waals surface area contributed by atoms with Gasteiger partial charge in [-0.2, -0.15) is 0 Å². The topological polar surface area (TPSA) is 95.9 Å². The smallest absolute Gasteiger partial charge is 0.306 e. The number of aliphatic hydroxyl groups is 2. The highest BCUT2D eigenvalue weighted by atomic mass is 16.5. The Hall–Kier alpha value is -2.18. The van der Waals surface area contributed by atoms with E-state index in [1.54, 1.807) is 0 Å². The molecule has 59 heavy (non-hydrogen) atoms. The molecule has 3 atom stereocenters. The van der Waals surface area contributed by atoms with Gasteiger partial charge in [0.1, 0.15) is 6.10 Å². The van der Waals surface area contributed by atoms with Crippen LogP contribution in [-0.2, 0) is 14.3 Å². The molecule has 0 aliphatic rings. The number of ether oxygens (including phenoxy) is 1. The Labute approximate surface area is 366 Å². The molecule has 0 spiro atoms. The maximum absolute atomic E-state index is 13.2. The average Bonchev–Trinajstić information content (AvgIpc) is 3.23. The number of carbonyl (C=O) groups is 2. The molecule has 3 unspecified atom stereocenters. The van der Waals surface area contributed by atoms with Gasteiger partial charge in [-0.1, -0.05) is 236 Å². The lowest BCUT2D eigenvalue weighted by atomic mass is 10.0. The minimum atomic E-state index is -0.808. The van der Waals surface area contributed by atoms with Crippen molar-refractivity contribution in [3.05, 3.63) is 48.6 Å². The quantitative estimate of drug-likeness (QED) is 0.0323. The Bertz CT molecular complexity index is 1020. The van der Waals surface area contributed by atoms with Crippen LogP contribution in [0.4, 0.5) is 0 Å². The number of unbranched alkanes of at least 4 members (excludes halogenated alkanes) is 26. The van der Waals surface area contributed by atoms with E-state index in [0.29, 0.717) is 19.3 Å². The van der Waals surface area contributed by atoms with Gasteiger partial charge in [-0.3, -0.25) is 9.59 Å². The second-order valence-corrected chi connectivity index (χ2v) is 17.2. The summed E-state index contributed by atoms with van der Waals surface area (Å²) in [5.41, 5.74) is 0. The third-order valence-corrected chi connectivity index (χ3v) is 11.4. The minimum absolute atomic E-state index is 0.00406. The molecule has 0 rings (SSSR count). The van der Waals surface area contributed by atoms with Crippen molar-refractivity contribution in [1.82, 2.24) is 5.32 Å². The maximum atomic E-state index is 13.2. The Kier molecular flexibility index (Phi) is 45.1. The number of amides is 1. The summed E-state index contributed by atoms with van der Waals surface area (Å²) in [6, 6.07) is -0.728. The number of hydrogen-bond acceptors (Lipinski definition) is 5. The average molecular weight is 828 g/mol. The summed E-state index contributed by atoms with van der Waals surface area (Å²) in [6.45, 7) is 6.42. The molecule has 0 fully saturated rings.